The highest BCUT2D eigenvalue weighted by Crippen LogP contribution is 2.29. The number of nitrogens with zero attached hydrogens (tertiary/aromatic N) is 1. The van der Waals surface area contributed by atoms with Crippen LogP contribution in [0, 0.1) is 0 Å². The van der Waals surface area contributed by atoms with Gasteiger partial charge < -0.3 is 9.67 Å². The first-order valence-electron chi connectivity index (χ1n) is 9.18. The molecule has 1 aliphatic carbocycles. The largest absolute Gasteiger partial charge is 0.388 e. The zero-order valence-electron chi connectivity index (χ0n) is 13.8. The molecule has 2 heteroatoms. The highest BCUT2D eigenvalue weighted by molar-refractivity contribution is 5.27. The van der Waals surface area contributed by atoms with E-state index in [1.165, 1.54) is 68.9 Å². The fourth-order valence-corrected chi connectivity index (χ4v) is 3.45. The van der Waals surface area contributed by atoms with Crippen molar-refractivity contribution in [3.05, 3.63) is 23.5 Å². The van der Waals surface area contributed by atoms with E-state index in [2.05, 4.69) is 23.9 Å². The van der Waals surface area contributed by atoms with Gasteiger partial charge in [-0.1, -0.05) is 58.3 Å². The van der Waals surface area contributed by atoms with Crippen molar-refractivity contribution in [3.8, 4) is 0 Å². The number of aliphatic hydroxyl groups excluding tert-OH is 1. The molecule has 1 aliphatic rings. The van der Waals surface area contributed by atoms with Gasteiger partial charge in [0, 0.05) is 24.5 Å². The fourth-order valence-electron chi connectivity index (χ4n) is 3.45. The van der Waals surface area contributed by atoms with Crippen LogP contribution in [0.15, 0.2) is 12.4 Å². The summed E-state index contributed by atoms with van der Waals surface area (Å²) in [7, 11) is 0. The van der Waals surface area contributed by atoms with Gasteiger partial charge in [0.2, 0.25) is 0 Å². The van der Waals surface area contributed by atoms with Crippen LogP contribution >= 0.6 is 0 Å². The molecule has 0 aromatic carbocycles. The van der Waals surface area contributed by atoms with Crippen molar-refractivity contribution in [1.29, 1.82) is 0 Å². The highest BCUT2D eigenvalue weighted by Gasteiger charge is 2.18. The Morgan fingerprint density at radius 1 is 1.00 bits per heavy atom. The molecule has 0 amide bonds. The van der Waals surface area contributed by atoms with Gasteiger partial charge in [0.05, 0.1) is 6.10 Å². The topological polar surface area (TPSA) is 25.2 Å². The van der Waals surface area contributed by atoms with Crippen LogP contribution in [0.3, 0.4) is 0 Å². The first kappa shape index (κ1) is 16.6. The SMILES string of the molecule is CCCCCCCCCCn1cc2c(c1)C(O)CCCC2. The lowest BCUT2D eigenvalue weighted by Gasteiger charge is -2.06. The predicted molar refractivity (Wildman–Crippen MR) is 89.6 cm³/mol. The number of hydrogen-bond donors (Lipinski definition) is 1. The van der Waals surface area contributed by atoms with Gasteiger partial charge in [-0.3, -0.25) is 0 Å². The summed E-state index contributed by atoms with van der Waals surface area (Å²) in [5, 5.41) is 10.2. The van der Waals surface area contributed by atoms with Crippen LogP contribution in [0.1, 0.15) is 94.8 Å². The van der Waals surface area contributed by atoms with Gasteiger partial charge in [0.1, 0.15) is 0 Å². The van der Waals surface area contributed by atoms with Crippen molar-refractivity contribution in [2.24, 2.45) is 0 Å². The van der Waals surface area contributed by atoms with E-state index < -0.39 is 0 Å². The van der Waals surface area contributed by atoms with Crippen LogP contribution < -0.4 is 0 Å². The summed E-state index contributed by atoms with van der Waals surface area (Å²) < 4.78 is 2.32. The summed E-state index contributed by atoms with van der Waals surface area (Å²) in [6.45, 7) is 3.39. The van der Waals surface area contributed by atoms with Gasteiger partial charge in [-0.15, -0.1) is 0 Å². The van der Waals surface area contributed by atoms with Gasteiger partial charge in [-0.2, -0.15) is 0 Å². The van der Waals surface area contributed by atoms with E-state index in [0.29, 0.717) is 0 Å². The minimum Gasteiger partial charge on any atom is -0.388 e. The van der Waals surface area contributed by atoms with E-state index in [4.69, 9.17) is 0 Å². The van der Waals surface area contributed by atoms with Crippen molar-refractivity contribution in [3.63, 3.8) is 0 Å². The molecule has 0 saturated heterocycles. The number of aromatic nitrogens is 1. The normalized spacial score (nSPS) is 18.5. The number of aryl methyl sites for hydroxylation is 2. The monoisotopic (exact) mass is 291 g/mol. The molecule has 0 aliphatic heterocycles. The Bertz CT molecular complexity index is 396. The van der Waals surface area contributed by atoms with Gasteiger partial charge >= 0.3 is 0 Å². The third kappa shape index (κ3) is 5.50. The van der Waals surface area contributed by atoms with Gasteiger partial charge in [0.15, 0.2) is 0 Å². The number of hydrogen-bond acceptors (Lipinski definition) is 1. The third-order valence-electron chi connectivity index (χ3n) is 4.80. The Labute approximate surface area is 130 Å². The minimum atomic E-state index is -0.220. The Morgan fingerprint density at radius 2 is 1.71 bits per heavy atom. The Balaban J connectivity index is 1.64. The Kier molecular flexibility index (Phi) is 7.35. The first-order valence-corrected chi connectivity index (χ1v) is 9.18. The molecular formula is C19H33NO. The van der Waals surface area contributed by atoms with E-state index in [-0.39, 0.29) is 6.10 Å². The van der Waals surface area contributed by atoms with E-state index in [1.807, 2.05) is 0 Å². The van der Waals surface area contributed by atoms with Crippen molar-refractivity contribution >= 4 is 0 Å². The molecule has 0 spiro atoms. The van der Waals surface area contributed by atoms with Crippen molar-refractivity contribution < 1.29 is 5.11 Å². The number of aliphatic hydroxyl groups is 1. The quantitative estimate of drug-likeness (QED) is 0.479. The summed E-state index contributed by atoms with van der Waals surface area (Å²) in [5.41, 5.74) is 2.59. The molecular weight excluding hydrogens is 258 g/mol. The molecule has 21 heavy (non-hydrogen) atoms. The molecule has 0 fully saturated rings. The lowest BCUT2D eigenvalue weighted by Crippen LogP contribution is -1.97. The summed E-state index contributed by atoms with van der Waals surface area (Å²) in [6, 6.07) is 0. The van der Waals surface area contributed by atoms with Crippen LogP contribution in [0.25, 0.3) is 0 Å². The van der Waals surface area contributed by atoms with Gasteiger partial charge in [-0.25, -0.2) is 0 Å². The molecule has 0 radical (unpaired) electrons. The molecule has 1 unspecified atom stereocenters. The molecule has 1 N–H and O–H groups in total. The smallest absolute Gasteiger partial charge is 0.0807 e. The van der Waals surface area contributed by atoms with E-state index >= 15 is 0 Å². The molecule has 1 aromatic heterocycles. The maximum Gasteiger partial charge on any atom is 0.0807 e. The fraction of sp³-hybridized carbons (Fsp3) is 0.789. The molecule has 2 rings (SSSR count). The van der Waals surface area contributed by atoms with Crippen LogP contribution in [0.2, 0.25) is 0 Å². The number of rotatable bonds is 9. The molecule has 0 bridgehead atoms. The average Bonchev–Trinajstić information content (AvgIpc) is 2.82. The Morgan fingerprint density at radius 3 is 2.48 bits per heavy atom. The molecule has 0 saturated carbocycles. The molecule has 1 heterocycles. The summed E-state index contributed by atoms with van der Waals surface area (Å²) >= 11 is 0. The van der Waals surface area contributed by atoms with Crippen LogP contribution in [-0.4, -0.2) is 9.67 Å². The van der Waals surface area contributed by atoms with Crippen LogP contribution in [0.4, 0.5) is 0 Å². The number of unbranched alkanes of at least 4 members (excludes halogenated alkanes) is 7. The van der Waals surface area contributed by atoms with E-state index in [9.17, 15) is 5.11 Å². The molecule has 1 atom stereocenters. The van der Waals surface area contributed by atoms with Crippen LogP contribution in [0.5, 0.6) is 0 Å². The van der Waals surface area contributed by atoms with Crippen molar-refractivity contribution in [1.82, 2.24) is 4.57 Å². The second kappa shape index (κ2) is 9.30. The first-order chi connectivity index (χ1) is 10.3. The van der Waals surface area contributed by atoms with Crippen LogP contribution in [-0.2, 0) is 13.0 Å². The summed E-state index contributed by atoms with van der Waals surface area (Å²) in [4.78, 5) is 0. The molecule has 2 nitrogen and oxygen atoms in total. The van der Waals surface area contributed by atoms with Crippen molar-refractivity contribution in [2.75, 3.05) is 0 Å². The molecule has 120 valence electrons. The average molecular weight is 291 g/mol. The Hall–Kier alpha value is -0.760. The maximum atomic E-state index is 10.2. The van der Waals surface area contributed by atoms with Crippen molar-refractivity contribution in [2.45, 2.75) is 96.6 Å². The summed E-state index contributed by atoms with van der Waals surface area (Å²) in [6.07, 6.45) is 19.7. The summed E-state index contributed by atoms with van der Waals surface area (Å²) in [5.74, 6) is 0. The predicted octanol–water partition coefficient (Wildman–Crippen LogP) is 5.39. The lowest BCUT2D eigenvalue weighted by atomic mass is 10.1. The highest BCUT2D eigenvalue weighted by atomic mass is 16.3. The standard InChI is InChI=1S/C19H33NO/c1-2-3-4-5-6-7-8-11-14-20-15-17-12-9-10-13-19(21)18(17)16-20/h15-16,19,21H,2-14H2,1H3. The van der Waals surface area contributed by atoms with E-state index in [0.717, 1.165) is 25.8 Å². The zero-order chi connectivity index (χ0) is 14.9. The van der Waals surface area contributed by atoms with Gasteiger partial charge in [-0.05, 0) is 31.2 Å². The lowest BCUT2D eigenvalue weighted by molar-refractivity contribution is 0.166. The zero-order valence-corrected chi connectivity index (χ0v) is 13.8. The van der Waals surface area contributed by atoms with Gasteiger partial charge in [0.25, 0.3) is 0 Å². The third-order valence-corrected chi connectivity index (χ3v) is 4.80. The number of fused-ring (bicyclic) bond motifs is 1. The second-order valence-electron chi connectivity index (χ2n) is 6.71. The minimum absolute atomic E-state index is 0.220. The molecule has 1 aromatic rings. The second-order valence-corrected chi connectivity index (χ2v) is 6.71. The maximum absolute atomic E-state index is 10.2. The van der Waals surface area contributed by atoms with E-state index in [1.54, 1.807) is 0 Å².